The number of benzene rings is 1. The molecule has 0 saturated carbocycles. The van der Waals surface area contributed by atoms with Crippen molar-refractivity contribution < 1.29 is 4.39 Å². The maximum absolute atomic E-state index is 13.5. The highest BCUT2D eigenvalue weighted by Gasteiger charge is 2.25. The van der Waals surface area contributed by atoms with Crippen LogP contribution >= 0.6 is 15.9 Å². The molecular weight excluding hydrogens is 295 g/mol. The first kappa shape index (κ1) is 14.0. The van der Waals surface area contributed by atoms with Gasteiger partial charge in [-0.1, -0.05) is 13.0 Å². The lowest BCUT2D eigenvalue weighted by Crippen LogP contribution is -2.45. The molecule has 18 heavy (non-hydrogen) atoms. The minimum Gasteiger partial charge on any atom is -0.329 e. The smallest absolute Gasteiger partial charge is 0.137 e. The van der Waals surface area contributed by atoms with E-state index >= 15 is 0 Å². The van der Waals surface area contributed by atoms with Crippen molar-refractivity contribution in [3.63, 3.8) is 0 Å². The zero-order valence-corrected chi connectivity index (χ0v) is 12.3. The molecule has 1 aromatic carbocycles. The number of nitrogens with two attached hydrogens (primary N) is 1. The Morgan fingerprint density at radius 3 is 2.94 bits per heavy atom. The zero-order valence-electron chi connectivity index (χ0n) is 10.7. The van der Waals surface area contributed by atoms with Crippen LogP contribution in [0.3, 0.4) is 0 Å². The van der Waals surface area contributed by atoms with Gasteiger partial charge >= 0.3 is 0 Å². The molecule has 2 N–H and O–H groups in total. The van der Waals surface area contributed by atoms with Crippen LogP contribution in [0.4, 0.5) is 4.39 Å². The van der Waals surface area contributed by atoms with Crippen LogP contribution in [-0.4, -0.2) is 24.0 Å². The number of likely N-dealkylation sites (tertiary alicyclic amines) is 1. The topological polar surface area (TPSA) is 29.3 Å². The van der Waals surface area contributed by atoms with Crippen LogP contribution in [0.15, 0.2) is 22.7 Å². The number of halogens is 2. The van der Waals surface area contributed by atoms with E-state index in [0.717, 1.165) is 31.0 Å². The largest absolute Gasteiger partial charge is 0.329 e. The summed E-state index contributed by atoms with van der Waals surface area (Å²) in [7, 11) is 0. The zero-order chi connectivity index (χ0) is 13.1. The molecule has 0 aromatic heterocycles. The van der Waals surface area contributed by atoms with Crippen LogP contribution in [0.25, 0.3) is 0 Å². The lowest BCUT2D eigenvalue weighted by Gasteiger charge is -2.38. The monoisotopic (exact) mass is 314 g/mol. The first-order valence-corrected chi connectivity index (χ1v) is 7.27. The average Bonchev–Trinajstić information content (AvgIpc) is 2.36. The van der Waals surface area contributed by atoms with Crippen molar-refractivity contribution >= 4 is 15.9 Å². The highest BCUT2D eigenvalue weighted by atomic mass is 79.9. The number of piperidine rings is 1. The molecule has 1 saturated heterocycles. The van der Waals surface area contributed by atoms with E-state index in [0.29, 0.717) is 17.1 Å². The second kappa shape index (κ2) is 6.13. The fourth-order valence-corrected chi connectivity index (χ4v) is 2.87. The second-order valence-corrected chi connectivity index (χ2v) is 6.09. The predicted molar refractivity (Wildman–Crippen MR) is 75.8 cm³/mol. The van der Waals surface area contributed by atoms with Crippen LogP contribution < -0.4 is 5.73 Å². The highest BCUT2D eigenvalue weighted by Crippen LogP contribution is 2.24. The Balaban J connectivity index is 2.05. The summed E-state index contributed by atoms with van der Waals surface area (Å²) in [6.07, 6.45) is 2.35. The van der Waals surface area contributed by atoms with Crippen molar-refractivity contribution in [1.29, 1.82) is 0 Å². The Hall–Kier alpha value is -0.450. The Labute approximate surface area is 116 Å². The molecule has 4 heteroatoms. The summed E-state index contributed by atoms with van der Waals surface area (Å²) in [6.45, 7) is 4.81. The molecular formula is C14H20BrFN2. The minimum absolute atomic E-state index is 0.192. The maximum atomic E-state index is 13.5. The van der Waals surface area contributed by atoms with Crippen molar-refractivity contribution in [1.82, 2.24) is 4.90 Å². The third-order valence-corrected chi connectivity index (χ3v) is 4.38. The van der Waals surface area contributed by atoms with E-state index in [1.54, 1.807) is 12.1 Å². The molecule has 2 atom stereocenters. The van der Waals surface area contributed by atoms with Crippen LogP contribution in [0.5, 0.6) is 0 Å². The molecule has 2 unspecified atom stereocenters. The van der Waals surface area contributed by atoms with Crippen molar-refractivity contribution in [2.75, 3.05) is 13.1 Å². The number of hydrogen-bond donors (Lipinski definition) is 1. The molecule has 0 radical (unpaired) electrons. The predicted octanol–water partition coefficient (Wildman–Crippen LogP) is 3.15. The third-order valence-electron chi connectivity index (χ3n) is 3.74. The Bertz CT molecular complexity index is 411. The Morgan fingerprint density at radius 2 is 2.28 bits per heavy atom. The van der Waals surface area contributed by atoms with Crippen LogP contribution in [-0.2, 0) is 6.54 Å². The van der Waals surface area contributed by atoms with Gasteiger partial charge in [0.15, 0.2) is 0 Å². The quantitative estimate of drug-likeness (QED) is 0.928. The molecule has 0 bridgehead atoms. The van der Waals surface area contributed by atoms with E-state index in [2.05, 4.69) is 27.8 Å². The molecule has 1 aromatic rings. The molecule has 1 heterocycles. The molecule has 0 amide bonds. The van der Waals surface area contributed by atoms with E-state index < -0.39 is 0 Å². The van der Waals surface area contributed by atoms with Crippen molar-refractivity contribution in [2.45, 2.75) is 32.4 Å². The van der Waals surface area contributed by atoms with E-state index in [4.69, 9.17) is 5.73 Å². The molecule has 100 valence electrons. The maximum Gasteiger partial charge on any atom is 0.137 e. The summed E-state index contributed by atoms with van der Waals surface area (Å²) < 4.78 is 14.0. The van der Waals surface area contributed by atoms with Gasteiger partial charge in [0.2, 0.25) is 0 Å². The van der Waals surface area contributed by atoms with E-state index in [-0.39, 0.29) is 5.82 Å². The summed E-state index contributed by atoms with van der Waals surface area (Å²) >= 11 is 3.18. The highest BCUT2D eigenvalue weighted by molar-refractivity contribution is 9.10. The normalized spacial score (nSPS) is 25.3. The first-order valence-electron chi connectivity index (χ1n) is 6.48. The molecule has 2 nitrogen and oxygen atoms in total. The fourth-order valence-electron chi connectivity index (χ4n) is 2.63. The van der Waals surface area contributed by atoms with Gasteiger partial charge in [-0.2, -0.15) is 0 Å². The molecule has 0 aliphatic carbocycles. The summed E-state index contributed by atoms with van der Waals surface area (Å²) in [5.41, 5.74) is 6.86. The summed E-state index contributed by atoms with van der Waals surface area (Å²) in [5.74, 6) is 0.554. The lowest BCUT2D eigenvalue weighted by atomic mass is 9.92. The number of rotatable bonds is 3. The molecule has 1 fully saturated rings. The Morgan fingerprint density at radius 1 is 1.50 bits per heavy atom. The average molecular weight is 315 g/mol. The summed E-state index contributed by atoms with van der Waals surface area (Å²) in [4.78, 5) is 2.38. The second-order valence-electron chi connectivity index (χ2n) is 5.24. The van der Waals surface area contributed by atoms with Crippen molar-refractivity contribution in [3.8, 4) is 0 Å². The van der Waals surface area contributed by atoms with E-state index in [1.807, 2.05) is 6.07 Å². The van der Waals surface area contributed by atoms with Crippen molar-refractivity contribution in [3.05, 3.63) is 34.1 Å². The molecule has 0 spiro atoms. The summed E-state index contributed by atoms with van der Waals surface area (Å²) in [6, 6.07) is 5.78. The lowest BCUT2D eigenvalue weighted by molar-refractivity contribution is 0.115. The number of nitrogens with zero attached hydrogens (tertiary/aromatic N) is 1. The first-order chi connectivity index (χ1) is 8.60. The van der Waals surface area contributed by atoms with Gasteiger partial charge in [-0.15, -0.1) is 0 Å². The molecule has 2 rings (SSSR count). The van der Waals surface area contributed by atoms with Gasteiger partial charge in [0.05, 0.1) is 4.47 Å². The van der Waals surface area contributed by atoms with Gasteiger partial charge in [-0.3, -0.25) is 4.90 Å². The standard InChI is InChI=1S/C14H20BrFN2/c1-10-4-5-18(12(6-10)8-17)9-11-2-3-13(15)14(16)7-11/h2-3,7,10,12H,4-6,8-9,17H2,1H3. The van der Waals surface area contributed by atoms with Gasteiger partial charge in [-0.05, 0) is 58.9 Å². The van der Waals surface area contributed by atoms with Crippen molar-refractivity contribution in [2.24, 2.45) is 11.7 Å². The van der Waals surface area contributed by atoms with Gasteiger partial charge in [0.1, 0.15) is 5.82 Å². The van der Waals surface area contributed by atoms with Gasteiger partial charge in [0.25, 0.3) is 0 Å². The minimum atomic E-state index is -0.192. The molecule has 1 aliphatic rings. The fraction of sp³-hybridized carbons (Fsp3) is 0.571. The SMILES string of the molecule is CC1CCN(Cc2ccc(Br)c(F)c2)C(CN)C1. The third kappa shape index (κ3) is 3.31. The van der Waals surface area contributed by atoms with Crippen LogP contribution in [0.2, 0.25) is 0 Å². The molecule has 1 aliphatic heterocycles. The van der Waals surface area contributed by atoms with Crippen LogP contribution in [0, 0.1) is 11.7 Å². The van der Waals surface area contributed by atoms with Crippen LogP contribution in [0.1, 0.15) is 25.3 Å². The summed E-state index contributed by atoms with van der Waals surface area (Å²) in [5, 5.41) is 0. The number of hydrogen-bond acceptors (Lipinski definition) is 2. The van der Waals surface area contributed by atoms with Gasteiger partial charge < -0.3 is 5.73 Å². The van der Waals surface area contributed by atoms with Gasteiger partial charge in [0, 0.05) is 19.1 Å². The Kier molecular flexibility index (Phi) is 4.76. The van der Waals surface area contributed by atoms with Gasteiger partial charge in [-0.25, -0.2) is 4.39 Å². The van der Waals surface area contributed by atoms with E-state index in [9.17, 15) is 4.39 Å². The van der Waals surface area contributed by atoms with E-state index in [1.165, 1.54) is 6.42 Å².